The van der Waals surface area contributed by atoms with Crippen LogP contribution in [0.3, 0.4) is 0 Å². The van der Waals surface area contributed by atoms with Crippen LogP contribution in [0.4, 0.5) is 5.69 Å². The van der Waals surface area contributed by atoms with Crippen LogP contribution in [0.5, 0.6) is 0 Å². The third-order valence-corrected chi connectivity index (χ3v) is 2.32. The molecule has 0 saturated heterocycles. The Bertz CT molecular complexity index is 441. The van der Waals surface area contributed by atoms with E-state index < -0.39 is 17.9 Å². The summed E-state index contributed by atoms with van der Waals surface area (Å²) in [5.41, 5.74) is 6.78. The predicted octanol–water partition coefficient (Wildman–Crippen LogP) is -0.189. The highest BCUT2D eigenvalue weighted by Crippen LogP contribution is 2.13. The van der Waals surface area contributed by atoms with E-state index in [2.05, 4.69) is 15.2 Å². The Morgan fingerprint density at radius 2 is 2.22 bits per heavy atom. The fourth-order valence-electron chi connectivity index (χ4n) is 1.45. The summed E-state index contributed by atoms with van der Waals surface area (Å²) in [4.78, 5) is 23.0. The summed E-state index contributed by atoms with van der Waals surface area (Å²) >= 11 is 0. The molecule has 100 valence electrons. The van der Waals surface area contributed by atoms with Crippen LogP contribution in [-0.2, 0) is 27.8 Å². The normalized spacial score (nSPS) is 12.0. The molecule has 0 aromatic carbocycles. The molecule has 1 aromatic heterocycles. The van der Waals surface area contributed by atoms with Crippen molar-refractivity contribution in [1.29, 1.82) is 0 Å². The third kappa shape index (κ3) is 3.30. The fourth-order valence-corrected chi connectivity index (χ4v) is 1.45. The van der Waals surface area contributed by atoms with Gasteiger partial charge in [0.05, 0.1) is 18.0 Å². The number of anilines is 1. The van der Waals surface area contributed by atoms with Crippen molar-refractivity contribution in [3.63, 3.8) is 0 Å². The van der Waals surface area contributed by atoms with Gasteiger partial charge in [0.2, 0.25) is 0 Å². The number of nitrogens with zero attached hydrogens (tertiary/aromatic N) is 2. The molecule has 1 amide bonds. The summed E-state index contributed by atoms with van der Waals surface area (Å²) < 4.78 is 6.27. The van der Waals surface area contributed by atoms with Crippen LogP contribution < -0.4 is 11.1 Å². The smallest absolute Gasteiger partial charge is 0.332 e. The van der Waals surface area contributed by atoms with Crippen LogP contribution in [0.1, 0.15) is 19.5 Å². The molecule has 1 unspecified atom stereocenters. The Balaban J connectivity index is 2.71. The zero-order chi connectivity index (χ0) is 13.7. The van der Waals surface area contributed by atoms with Crippen LogP contribution in [0.25, 0.3) is 0 Å². The fraction of sp³-hybridized carbons (Fsp3) is 0.545. The molecule has 7 heteroatoms. The Hall–Kier alpha value is -1.89. The molecule has 0 bridgehead atoms. The van der Waals surface area contributed by atoms with Crippen molar-refractivity contribution in [1.82, 2.24) is 9.78 Å². The SMILES string of the molecule is CCOC(=O)C(N)C(=O)Nc1cn(C)nc1CC. The number of ether oxygens (including phenoxy) is 1. The summed E-state index contributed by atoms with van der Waals surface area (Å²) in [7, 11) is 1.75. The second-order valence-electron chi connectivity index (χ2n) is 3.74. The van der Waals surface area contributed by atoms with E-state index in [-0.39, 0.29) is 6.61 Å². The average Bonchev–Trinajstić information content (AvgIpc) is 2.68. The summed E-state index contributed by atoms with van der Waals surface area (Å²) in [6, 6.07) is -1.32. The molecule has 18 heavy (non-hydrogen) atoms. The minimum absolute atomic E-state index is 0.187. The zero-order valence-electron chi connectivity index (χ0n) is 10.8. The highest BCUT2D eigenvalue weighted by Gasteiger charge is 2.24. The molecule has 0 saturated carbocycles. The number of amides is 1. The second-order valence-corrected chi connectivity index (χ2v) is 3.74. The molecule has 0 aliphatic carbocycles. The number of carbonyl (C=O) groups excluding carboxylic acids is 2. The van der Waals surface area contributed by atoms with Gasteiger partial charge in [-0.25, -0.2) is 4.79 Å². The molecule has 1 heterocycles. The Labute approximate surface area is 105 Å². The lowest BCUT2D eigenvalue weighted by Crippen LogP contribution is -2.43. The highest BCUT2D eigenvalue weighted by atomic mass is 16.5. The van der Waals surface area contributed by atoms with Crippen LogP contribution in [0.15, 0.2) is 6.20 Å². The summed E-state index contributed by atoms with van der Waals surface area (Å²) in [5.74, 6) is -1.34. The Morgan fingerprint density at radius 3 is 2.78 bits per heavy atom. The summed E-state index contributed by atoms with van der Waals surface area (Å²) in [5, 5.41) is 6.74. The van der Waals surface area contributed by atoms with Gasteiger partial charge in [-0.1, -0.05) is 6.92 Å². The first kappa shape index (κ1) is 14.2. The molecule has 0 aliphatic rings. The van der Waals surface area contributed by atoms with Gasteiger partial charge in [0.25, 0.3) is 5.91 Å². The second kappa shape index (κ2) is 6.15. The molecule has 7 nitrogen and oxygen atoms in total. The van der Waals surface area contributed by atoms with Gasteiger partial charge >= 0.3 is 5.97 Å². The van der Waals surface area contributed by atoms with E-state index in [0.29, 0.717) is 12.1 Å². The first-order chi connectivity index (χ1) is 8.49. The lowest BCUT2D eigenvalue weighted by atomic mass is 10.2. The first-order valence-corrected chi connectivity index (χ1v) is 5.75. The third-order valence-electron chi connectivity index (χ3n) is 2.32. The molecule has 1 rings (SSSR count). The quantitative estimate of drug-likeness (QED) is 0.560. The van der Waals surface area contributed by atoms with Gasteiger partial charge in [0.1, 0.15) is 0 Å². The number of hydrogen-bond donors (Lipinski definition) is 2. The largest absolute Gasteiger partial charge is 0.464 e. The van der Waals surface area contributed by atoms with Gasteiger partial charge < -0.3 is 15.8 Å². The van der Waals surface area contributed by atoms with Crippen molar-refractivity contribution in [2.75, 3.05) is 11.9 Å². The van der Waals surface area contributed by atoms with E-state index in [1.807, 2.05) is 6.92 Å². The lowest BCUT2D eigenvalue weighted by Gasteiger charge is -2.10. The summed E-state index contributed by atoms with van der Waals surface area (Å²) in [6.07, 6.45) is 2.33. The molecule has 0 fully saturated rings. The molecular weight excluding hydrogens is 236 g/mol. The van der Waals surface area contributed by atoms with Gasteiger partial charge in [-0.15, -0.1) is 0 Å². The highest BCUT2D eigenvalue weighted by molar-refractivity contribution is 6.08. The monoisotopic (exact) mass is 254 g/mol. The molecule has 0 aliphatic heterocycles. The maximum atomic E-state index is 11.7. The van der Waals surface area contributed by atoms with Crippen molar-refractivity contribution in [2.24, 2.45) is 12.8 Å². The first-order valence-electron chi connectivity index (χ1n) is 5.75. The number of aryl methyl sites for hydroxylation is 2. The van der Waals surface area contributed by atoms with E-state index in [0.717, 1.165) is 5.69 Å². The maximum absolute atomic E-state index is 11.7. The number of rotatable bonds is 5. The van der Waals surface area contributed by atoms with Gasteiger partial charge in [-0.3, -0.25) is 9.48 Å². The summed E-state index contributed by atoms with van der Waals surface area (Å²) in [6.45, 7) is 3.76. The molecule has 0 spiro atoms. The molecule has 0 radical (unpaired) electrons. The standard InChI is InChI=1S/C11H18N4O3/c1-4-7-8(6-15(3)14-7)13-10(16)9(12)11(17)18-5-2/h6,9H,4-5,12H2,1-3H3,(H,13,16). The molecule has 1 atom stereocenters. The van der Waals surface area contributed by atoms with E-state index in [1.165, 1.54) is 0 Å². The number of nitrogens with two attached hydrogens (primary N) is 1. The van der Waals surface area contributed by atoms with Crippen molar-refractivity contribution < 1.29 is 14.3 Å². The van der Waals surface area contributed by atoms with Gasteiger partial charge in [-0.05, 0) is 13.3 Å². The minimum Gasteiger partial charge on any atom is -0.464 e. The van der Waals surface area contributed by atoms with Crippen LogP contribution >= 0.6 is 0 Å². The van der Waals surface area contributed by atoms with Crippen molar-refractivity contribution >= 4 is 17.6 Å². The number of aromatic nitrogens is 2. The van der Waals surface area contributed by atoms with Crippen molar-refractivity contribution in [3.8, 4) is 0 Å². The van der Waals surface area contributed by atoms with Gasteiger partial charge in [-0.2, -0.15) is 5.10 Å². The molecule has 3 N–H and O–H groups in total. The minimum atomic E-state index is -1.32. The van der Waals surface area contributed by atoms with Crippen molar-refractivity contribution in [3.05, 3.63) is 11.9 Å². The number of carbonyl (C=O) groups is 2. The topological polar surface area (TPSA) is 99.2 Å². The van der Waals surface area contributed by atoms with Crippen molar-refractivity contribution in [2.45, 2.75) is 26.3 Å². The Morgan fingerprint density at radius 1 is 1.56 bits per heavy atom. The van der Waals surface area contributed by atoms with Crippen LogP contribution in [0, 0.1) is 0 Å². The van der Waals surface area contributed by atoms with Gasteiger partial charge in [0, 0.05) is 13.2 Å². The van der Waals surface area contributed by atoms with Crippen LogP contribution in [0.2, 0.25) is 0 Å². The predicted molar refractivity (Wildman–Crippen MR) is 65.8 cm³/mol. The van der Waals surface area contributed by atoms with E-state index in [9.17, 15) is 9.59 Å². The lowest BCUT2D eigenvalue weighted by molar-refractivity contribution is -0.146. The van der Waals surface area contributed by atoms with Crippen LogP contribution in [-0.4, -0.2) is 34.3 Å². The average molecular weight is 254 g/mol. The number of esters is 1. The Kier molecular flexibility index (Phi) is 4.85. The van der Waals surface area contributed by atoms with E-state index in [4.69, 9.17) is 5.73 Å². The van der Waals surface area contributed by atoms with Gasteiger partial charge in [0.15, 0.2) is 6.04 Å². The number of nitrogens with one attached hydrogen (secondary N) is 1. The maximum Gasteiger partial charge on any atom is 0.332 e. The van der Waals surface area contributed by atoms with E-state index >= 15 is 0 Å². The zero-order valence-corrected chi connectivity index (χ0v) is 10.8. The number of hydrogen-bond acceptors (Lipinski definition) is 5. The van der Waals surface area contributed by atoms with E-state index in [1.54, 1.807) is 24.9 Å². The molecular formula is C11H18N4O3. The molecule has 1 aromatic rings.